The summed E-state index contributed by atoms with van der Waals surface area (Å²) in [7, 11) is 0. The molecule has 0 atom stereocenters. The van der Waals surface area contributed by atoms with Gasteiger partial charge in [0.15, 0.2) is 0 Å². The SMILES string of the molecule is CCCCCC(=O)OC1=CC(C)(C)CC(C)=C1.[K]. The van der Waals surface area contributed by atoms with Crippen LogP contribution in [0.5, 0.6) is 0 Å². The van der Waals surface area contributed by atoms with E-state index in [0.29, 0.717) is 6.42 Å². The van der Waals surface area contributed by atoms with Crippen molar-refractivity contribution in [2.75, 3.05) is 0 Å². The number of hydrogen-bond donors (Lipinski definition) is 0. The normalized spacial score (nSPS) is 17.3. The minimum absolute atomic E-state index is 0. The minimum Gasteiger partial charge on any atom is -0.427 e. The number of carbonyl (C=O) groups excluding carboxylic acids is 1. The van der Waals surface area contributed by atoms with Crippen LogP contribution in [-0.4, -0.2) is 57.4 Å². The van der Waals surface area contributed by atoms with E-state index in [1.54, 1.807) is 0 Å². The van der Waals surface area contributed by atoms with Gasteiger partial charge in [0.2, 0.25) is 0 Å². The first-order valence-electron chi connectivity index (χ1n) is 6.53. The first-order chi connectivity index (χ1) is 7.93. The Hall–Kier alpha value is 0.586. The van der Waals surface area contributed by atoms with Crippen LogP contribution in [0.4, 0.5) is 0 Å². The molecule has 18 heavy (non-hydrogen) atoms. The standard InChI is InChI=1S/C15H24O2.K/c1-5-6-7-8-14(16)17-13-9-12(2)10-15(3,4)11-13;/h9,11H,5-8,10H2,1-4H3;. The molecule has 0 saturated heterocycles. The van der Waals surface area contributed by atoms with E-state index in [1.807, 2.05) is 6.08 Å². The zero-order chi connectivity index (χ0) is 12.9. The molecular formula is C15H24KO2. The van der Waals surface area contributed by atoms with Gasteiger partial charge in [-0.15, -0.1) is 0 Å². The topological polar surface area (TPSA) is 26.3 Å². The van der Waals surface area contributed by atoms with Crippen LogP contribution in [0.25, 0.3) is 0 Å². The molecule has 0 saturated carbocycles. The van der Waals surface area contributed by atoms with Gasteiger partial charge in [-0.3, -0.25) is 4.79 Å². The van der Waals surface area contributed by atoms with Crippen LogP contribution in [0.1, 0.15) is 59.8 Å². The third kappa shape index (κ3) is 7.24. The van der Waals surface area contributed by atoms with Crippen molar-refractivity contribution < 1.29 is 9.53 Å². The van der Waals surface area contributed by atoms with Crippen molar-refractivity contribution in [1.29, 1.82) is 0 Å². The summed E-state index contributed by atoms with van der Waals surface area (Å²) in [5.41, 5.74) is 1.37. The van der Waals surface area contributed by atoms with E-state index in [9.17, 15) is 4.79 Å². The van der Waals surface area contributed by atoms with E-state index < -0.39 is 0 Å². The first kappa shape index (κ1) is 18.6. The Bertz CT molecular complexity index is 340. The molecule has 2 nitrogen and oxygen atoms in total. The van der Waals surface area contributed by atoms with Crippen molar-refractivity contribution in [3.8, 4) is 0 Å². The summed E-state index contributed by atoms with van der Waals surface area (Å²) < 4.78 is 5.39. The van der Waals surface area contributed by atoms with Gasteiger partial charge in [-0.25, -0.2) is 0 Å². The van der Waals surface area contributed by atoms with Crippen molar-refractivity contribution >= 4 is 57.4 Å². The fraction of sp³-hybridized carbons (Fsp3) is 0.667. The van der Waals surface area contributed by atoms with Crippen molar-refractivity contribution in [3.63, 3.8) is 0 Å². The Labute approximate surface area is 154 Å². The van der Waals surface area contributed by atoms with Crippen molar-refractivity contribution in [1.82, 2.24) is 0 Å². The monoisotopic (exact) mass is 275 g/mol. The van der Waals surface area contributed by atoms with Crippen LogP contribution in [0, 0.1) is 5.41 Å². The van der Waals surface area contributed by atoms with E-state index in [4.69, 9.17) is 4.74 Å². The van der Waals surface area contributed by atoms with Gasteiger partial charge in [-0.05, 0) is 37.3 Å². The Morgan fingerprint density at radius 3 is 2.61 bits per heavy atom. The molecule has 0 N–H and O–H groups in total. The van der Waals surface area contributed by atoms with Gasteiger partial charge in [-0.1, -0.05) is 39.2 Å². The fourth-order valence-electron chi connectivity index (χ4n) is 2.25. The third-order valence-electron chi connectivity index (χ3n) is 2.87. The van der Waals surface area contributed by atoms with Gasteiger partial charge in [-0.2, -0.15) is 0 Å². The quantitative estimate of drug-likeness (QED) is 0.431. The Kier molecular flexibility index (Phi) is 8.98. The van der Waals surface area contributed by atoms with E-state index >= 15 is 0 Å². The van der Waals surface area contributed by atoms with Gasteiger partial charge in [0.05, 0.1) is 0 Å². The maximum atomic E-state index is 11.6. The minimum atomic E-state index is -0.105. The zero-order valence-electron chi connectivity index (χ0n) is 12.5. The summed E-state index contributed by atoms with van der Waals surface area (Å²) in [5, 5.41) is 0. The van der Waals surface area contributed by atoms with E-state index in [2.05, 4.69) is 33.8 Å². The van der Waals surface area contributed by atoms with Crippen LogP contribution >= 0.6 is 0 Å². The maximum absolute atomic E-state index is 11.6. The smallest absolute Gasteiger partial charge is 0.311 e. The second kappa shape index (κ2) is 8.70. The third-order valence-corrected chi connectivity index (χ3v) is 2.87. The van der Waals surface area contributed by atoms with Crippen molar-refractivity contribution in [2.45, 2.75) is 59.8 Å². The van der Waals surface area contributed by atoms with Gasteiger partial charge in [0, 0.05) is 57.8 Å². The van der Waals surface area contributed by atoms with Gasteiger partial charge in [0.25, 0.3) is 0 Å². The zero-order valence-corrected chi connectivity index (χ0v) is 15.6. The molecule has 0 aromatic carbocycles. The molecule has 1 aliphatic carbocycles. The molecule has 0 aromatic rings. The fourth-order valence-corrected chi connectivity index (χ4v) is 2.25. The number of ether oxygens (including phenoxy) is 1. The molecule has 0 spiro atoms. The largest absolute Gasteiger partial charge is 0.427 e. The van der Waals surface area contributed by atoms with Crippen LogP contribution in [0.2, 0.25) is 0 Å². The molecule has 0 bridgehead atoms. The van der Waals surface area contributed by atoms with Crippen LogP contribution < -0.4 is 0 Å². The number of carbonyl (C=O) groups is 1. The average Bonchev–Trinajstić information content (AvgIpc) is 2.14. The summed E-state index contributed by atoms with van der Waals surface area (Å²) in [5.74, 6) is 0.617. The first-order valence-corrected chi connectivity index (χ1v) is 6.53. The number of rotatable bonds is 5. The molecule has 97 valence electrons. The summed E-state index contributed by atoms with van der Waals surface area (Å²) in [4.78, 5) is 11.6. The Morgan fingerprint density at radius 2 is 2.06 bits per heavy atom. The summed E-state index contributed by atoms with van der Waals surface area (Å²) in [6.07, 6.45) is 8.73. The molecule has 0 fully saturated rings. The predicted molar refractivity (Wildman–Crippen MR) is 76.2 cm³/mol. The van der Waals surface area contributed by atoms with E-state index in [-0.39, 0.29) is 62.8 Å². The molecule has 0 unspecified atom stereocenters. The van der Waals surface area contributed by atoms with Gasteiger partial charge < -0.3 is 4.74 Å². The molecule has 0 amide bonds. The molecule has 0 heterocycles. The molecule has 0 aromatic heterocycles. The van der Waals surface area contributed by atoms with Crippen LogP contribution in [-0.2, 0) is 9.53 Å². The second-order valence-electron chi connectivity index (χ2n) is 5.63. The van der Waals surface area contributed by atoms with Crippen LogP contribution in [0.3, 0.4) is 0 Å². The number of esters is 1. The van der Waals surface area contributed by atoms with Gasteiger partial charge in [0.1, 0.15) is 5.76 Å². The molecule has 0 aliphatic heterocycles. The predicted octanol–water partition coefficient (Wildman–Crippen LogP) is 3.99. The van der Waals surface area contributed by atoms with Crippen molar-refractivity contribution in [2.24, 2.45) is 5.41 Å². The summed E-state index contributed by atoms with van der Waals surface area (Å²) >= 11 is 0. The summed E-state index contributed by atoms with van der Waals surface area (Å²) in [6, 6.07) is 0. The average molecular weight is 275 g/mol. The molecule has 1 rings (SSSR count). The van der Waals surface area contributed by atoms with E-state index in [0.717, 1.165) is 31.4 Å². The number of unbranched alkanes of at least 4 members (excludes halogenated alkanes) is 2. The Morgan fingerprint density at radius 1 is 1.39 bits per heavy atom. The summed E-state index contributed by atoms with van der Waals surface area (Å²) in [6.45, 7) is 8.53. The number of hydrogen-bond acceptors (Lipinski definition) is 2. The Balaban J connectivity index is 0.00000289. The van der Waals surface area contributed by atoms with Gasteiger partial charge >= 0.3 is 5.97 Å². The second-order valence-corrected chi connectivity index (χ2v) is 5.63. The maximum Gasteiger partial charge on any atom is 0.311 e. The molecular weight excluding hydrogens is 251 g/mol. The van der Waals surface area contributed by atoms with E-state index in [1.165, 1.54) is 5.57 Å². The molecule has 1 radical (unpaired) electrons. The number of allylic oxidation sites excluding steroid dienone is 3. The van der Waals surface area contributed by atoms with Crippen molar-refractivity contribution in [3.05, 3.63) is 23.5 Å². The molecule has 3 heteroatoms. The molecule has 1 aliphatic rings. The van der Waals surface area contributed by atoms with Crippen LogP contribution in [0.15, 0.2) is 23.5 Å².